The zero-order chi connectivity index (χ0) is 12.2. The summed E-state index contributed by atoms with van der Waals surface area (Å²) >= 11 is 0. The molecule has 0 radical (unpaired) electrons. The van der Waals surface area contributed by atoms with Gasteiger partial charge in [-0.3, -0.25) is 9.59 Å². The van der Waals surface area contributed by atoms with Gasteiger partial charge >= 0.3 is 11.9 Å². The zero-order valence-electron chi connectivity index (χ0n) is 10.0. The lowest BCUT2D eigenvalue weighted by Crippen LogP contribution is -1.99. The summed E-state index contributed by atoms with van der Waals surface area (Å²) in [5.74, 6) is -0.335. The molecule has 0 aliphatic carbocycles. The van der Waals surface area contributed by atoms with E-state index in [1.807, 2.05) is 12.2 Å². The number of hydrogen-bond acceptors (Lipinski definition) is 4. The molecule has 0 spiro atoms. The van der Waals surface area contributed by atoms with Crippen molar-refractivity contribution in [2.45, 2.75) is 38.5 Å². The van der Waals surface area contributed by atoms with E-state index in [-0.39, 0.29) is 11.9 Å². The van der Waals surface area contributed by atoms with Crippen LogP contribution in [0.5, 0.6) is 0 Å². The molecule has 0 aromatic heterocycles. The number of carbonyl (C=O) groups excluding carboxylic acids is 2. The molecule has 4 nitrogen and oxygen atoms in total. The largest absolute Gasteiger partial charge is 0.469 e. The SMILES string of the molecule is COC(=O)CCC/C=C\CCCC(=O)OC. The number of rotatable bonds is 8. The minimum atomic E-state index is -0.168. The first-order valence-corrected chi connectivity index (χ1v) is 5.49. The third kappa shape index (κ3) is 9.24. The molecule has 16 heavy (non-hydrogen) atoms. The molecule has 92 valence electrons. The topological polar surface area (TPSA) is 52.6 Å². The molecule has 0 bridgehead atoms. The van der Waals surface area contributed by atoms with Crippen molar-refractivity contribution in [3.05, 3.63) is 12.2 Å². The molecule has 0 rings (SSSR count). The van der Waals surface area contributed by atoms with Gasteiger partial charge in [-0.2, -0.15) is 0 Å². The number of unbranched alkanes of at least 4 members (excludes halogenated alkanes) is 2. The molecular formula is C12H20O4. The summed E-state index contributed by atoms with van der Waals surface area (Å²) in [6, 6.07) is 0. The summed E-state index contributed by atoms with van der Waals surface area (Å²) in [7, 11) is 2.79. The Morgan fingerprint density at radius 2 is 1.25 bits per heavy atom. The highest BCUT2D eigenvalue weighted by molar-refractivity contribution is 5.69. The number of esters is 2. The van der Waals surface area contributed by atoms with Crippen LogP contribution < -0.4 is 0 Å². The van der Waals surface area contributed by atoms with Gasteiger partial charge in [0.15, 0.2) is 0 Å². The number of allylic oxidation sites excluding steroid dienone is 2. The average Bonchev–Trinajstić information content (AvgIpc) is 2.31. The van der Waals surface area contributed by atoms with E-state index in [9.17, 15) is 9.59 Å². The fraction of sp³-hybridized carbons (Fsp3) is 0.667. The Morgan fingerprint density at radius 3 is 1.56 bits per heavy atom. The lowest BCUT2D eigenvalue weighted by molar-refractivity contribution is -0.141. The van der Waals surface area contributed by atoms with Gasteiger partial charge in [0.25, 0.3) is 0 Å². The molecule has 0 aromatic carbocycles. The van der Waals surface area contributed by atoms with Gasteiger partial charge in [0, 0.05) is 12.8 Å². The van der Waals surface area contributed by atoms with Crippen LogP contribution in [0.1, 0.15) is 38.5 Å². The van der Waals surface area contributed by atoms with Crippen LogP contribution in [-0.4, -0.2) is 26.2 Å². The Balaban J connectivity index is 3.28. The predicted molar refractivity (Wildman–Crippen MR) is 60.9 cm³/mol. The van der Waals surface area contributed by atoms with Crippen LogP contribution in [-0.2, 0) is 19.1 Å². The van der Waals surface area contributed by atoms with Crippen molar-refractivity contribution in [1.29, 1.82) is 0 Å². The molecule has 0 atom stereocenters. The van der Waals surface area contributed by atoms with Gasteiger partial charge in [-0.25, -0.2) is 0 Å². The lowest BCUT2D eigenvalue weighted by Gasteiger charge is -1.97. The molecule has 0 aromatic rings. The molecule has 0 saturated heterocycles. The number of hydrogen-bond donors (Lipinski definition) is 0. The third-order valence-electron chi connectivity index (χ3n) is 2.13. The summed E-state index contributed by atoms with van der Waals surface area (Å²) in [6.07, 6.45) is 8.33. The Morgan fingerprint density at radius 1 is 0.875 bits per heavy atom. The van der Waals surface area contributed by atoms with Crippen molar-refractivity contribution >= 4 is 11.9 Å². The highest BCUT2D eigenvalue weighted by atomic mass is 16.5. The van der Waals surface area contributed by atoms with E-state index in [1.54, 1.807) is 0 Å². The van der Waals surface area contributed by atoms with Gasteiger partial charge in [0.1, 0.15) is 0 Å². The molecular weight excluding hydrogens is 208 g/mol. The molecule has 0 amide bonds. The summed E-state index contributed by atoms with van der Waals surface area (Å²) < 4.78 is 9.04. The minimum Gasteiger partial charge on any atom is -0.469 e. The van der Waals surface area contributed by atoms with E-state index < -0.39 is 0 Å². The molecule has 0 N–H and O–H groups in total. The number of carbonyl (C=O) groups is 2. The smallest absolute Gasteiger partial charge is 0.305 e. The molecule has 0 saturated carbocycles. The highest BCUT2D eigenvalue weighted by Crippen LogP contribution is 2.02. The minimum absolute atomic E-state index is 0.168. The Bertz CT molecular complexity index is 209. The maximum absolute atomic E-state index is 10.8. The van der Waals surface area contributed by atoms with Crippen molar-refractivity contribution in [3.8, 4) is 0 Å². The first-order chi connectivity index (χ1) is 7.70. The maximum Gasteiger partial charge on any atom is 0.305 e. The van der Waals surface area contributed by atoms with Crippen LogP contribution in [0.25, 0.3) is 0 Å². The molecule has 0 heterocycles. The van der Waals surface area contributed by atoms with E-state index in [0.717, 1.165) is 25.7 Å². The van der Waals surface area contributed by atoms with E-state index in [4.69, 9.17) is 0 Å². The van der Waals surface area contributed by atoms with Crippen LogP contribution in [0.3, 0.4) is 0 Å². The quantitative estimate of drug-likeness (QED) is 0.363. The Hall–Kier alpha value is -1.32. The number of methoxy groups -OCH3 is 2. The highest BCUT2D eigenvalue weighted by Gasteiger charge is 1.98. The van der Waals surface area contributed by atoms with E-state index in [1.165, 1.54) is 14.2 Å². The van der Waals surface area contributed by atoms with E-state index in [2.05, 4.69) is 9.47 Å². The van der Waals surface area contributed by atoms with Gasteiger partial charge in [0.2, 0.25) is 0 Å². The van der Waals surface area contributed by atoms with Crippen molar-refractivity contribution < 1.29 is 19.1 Å². The summed E-state index contributed by atoms with van der Waals surface area (Å²) in [5, 5.41) is 0. The van der Waals surface area contributed by atoms with Gasteiger partial charge < -0.3 is 9.47 Å². The van der Waals surface area contributed by atoms with Crippen LogP contribution in [0, 0.1) is 0 Å². The van der Waals surface area contributed by atoms with Crippen LogP contribution in [0.4, 0.5) is 0 Å². The second-order valence-electron chi connectivity index (χ2n) is 3.41. The van der Waals surface area contributed by atoms with E-state index in [0.29, 0.717) is 12.8 Å². The summed E-state index contributed by atoms with van der Waals surface area (Å²) in [5.41, 5.74) is 0. The fourth-order valence-corrected chi connectivity index (χ4v) is 1.17. The molecule has 0 fully saturated rings. The maximum atomic E-state index is 10.8. The predicted octanol–water partition coefficient (Wildman–Crippen LogP) is 2.23. The van der Waals surface area contributed by atoms with Crippen LogP contribution in [0.15, 0.2) is 12.2 Å². The van der Waals surface area contributed by atoms with Crippen LogP contribution in [0.2, 0.25) is 0 Å². The van der Waals surface area contributed by atoms with Gasteiger partial charge in [-0.15, -0.1) is 0 Å². The van der Waals surface area contributed by atoms with Crippen molar-refractivity contribution in [1.82, 2.24) is 0 Å². The lowest BCUT2D eigenvalue weighted by atomic mass is 10.2. The Kier molecular flexibility index (Phi) is 9.36. The standard InChI is InChI=1S/C12H20O4/c1-15-11(13)9-7-5-3-4-6-8-10-12(14)16-2/h3-4H,5-10H2,1-2H3/b4-3-. The zero-order valence-corrected chi connectivity index (χ0v) is 10.0. The average molecular weight is 228 g/mol. The second-order valence-corrected chi connectivity index (χ2v) is 3.41. The molecule has 0 aliphatic rings. The van der Waals surface area contributed by atoms with Crippen molar-refractivity contribution in [2.24, 2.45) is 0 Å². The Labute approximate surface area is 96.6 Å². The monoisotopic (exact) mass is 228 g/mol. The van der Waals surface area contributed by atoms with Gasteiger partial charge in [-0.1, -0.05) is 12.2 Å². The van der Waals surface area contributed by atoms with Crippen molar-refractivity contribution in [2.75, 3.05) is 14.2 Å². The molecule has 4 heteroatoms. The second kappa shape index (κ2) is 10.2. The van der Waals surface area contributed by atoms with Gasteiger partial charge in [-0.05, 0) is 25.7 Å². The fourth-order valence-electron chi connectivity index (χ4n) is 1.17. The van der Waals surface area contributed by atoms with E-state index >= 15 is 0 Å². The summed E-state index contributed by atoms with van der Waals surface area (Å²) in [4.78, 5) is 21.5. The van der Waals surface area contributed by atoms with Gasteiger partial charge in [0.05, 0.1) is 14.2 Å². The summed E-state index contributed by atoms with van der Waals surface area (Å²) in [6.45, 7) is 0. The number of ether oxygens (including phenoxy) is 2. The third-order valence-corrected chi connectivity index (χ3v) is 2.13. The first-order valence-electron chi connectivity index (χ1n) is 5.49. The molecule has 0 aliphatic heterocycles. The first kappa shape index (κ1) is 14.7. The van der Waals surface area contributed by atoms with Crippen LogP contribution >= 0.6 is 0 Å². The van der Waals surface area contributed by atoms with Crippen molar-refractivity contribution in [3.63, 3.8) is 0 Å². The molecule has 0 unspecified atom stereocenters. The normalized spacial score (nSPS) is 10.4.